The van der Waals surface area contributed by atoms with Crippen LogP contribution >= 0.6 is 22.7 Å². The van der Waals surface area contributed by atoms with Gasteiger partial charge in [0.25, 0.3) is 0 Å². The summed E-state index contributed by atoms with van der Waals surface area (Å²) in [7, 11) is -1.20. The molecule has 2 aromatic heterocycles. The van der Waals surface area contributed by atoms with E-state index >= 15 is 0 Å². The van der Waals surface area contributed by atoms with Gasteiger partial charge in [0.2, 0.25) is 0 Å². The van der Waals surface area contributed by atoms with Gasteiger partial charge in [-0.3, -0.25) is 0 Å². The molecule has 0 aliphatic rings. The second-order valence-electron chi connectivity index (χ2n) is 7.57. The van der Waals surface area contributed by atoms with E-state index in [4.69, 9.17) is 0 Å². The predicted molar refractivity (Wildman–Crippen MR) is 139 cm³/mol. The number of thiophene rings is 2. The normalized spacial score (nSPS) is 11.5. The highest BCUT2D eigenvalue weighted by Crippen LogP contribution is 2.40. The second kappa shape index (κ2) is 8.14. The molecule has 0 fully saturated rings. The van der Waals surface area contributed by atoms with Crippen molar-refractivity contribution in [2.45, 2.75) is 8.42 Å². The van der Waals surface area contributed by atoms with Gasteiger partial charge in [-0.25, -0.2) is 4.21 Å². The van der Waals surface area contributed by atoms with E-state index in [9.17, 15) is 4.21 Å². The molecule has 0 N–H and O–H groups in total. The van der Waals surface area contributed by atoms with Crippen LogP contribution in [0, 0.1) is 0 Å². The fourth-order valence-electron chi connectivity index (χ4n) is 4.10. The average molecular weight is 467 g/mol. The van der Waals surface area contributed by atoms with E-state index in [0.717, 1.165) is 19.2 Å². The Bertz CT molecular complexity index is 1460. The first-order valence-corrected chi connectivity index (χ1v) is 13.1. The third kappa shape index (κ3) is 3.41. The highest BCUT2D eigenvalue weighted by molar-refractivity contribution is 7.89. The summed E-state index contributed by atoms with van der Waals surface area (Å²) in [5, 5.41) is 2.33. The Labute approximate surface area is 197 Å². The molecule has 0 radical (unpaired) electrons. The molecule has 1 nitrogen and oxygen atoms in total. The molecule has 6 rings (SSSR count). The molecule has 0 aliphatic carbocycles. The van der Waals surface area contributed by atoms with Crippen molar-refractivity contribution in [3.8, 4) is 22.3 Å². The molecule has 0 bridgehead atoms. The van der Waals surface area contributed by atoms with Crippen LogP contribution in [0.1, 0.15) is 0 Å². The van der Waals surface area contributed by atoms with Crippen molar-refractivity contribution in [3.63, 3.8) is 0 Å². The highest BCUT2D eigenvalue weighted by Gasteiger charge is 2.17. The summed E-state index contributed by atoms with van der Waals surface area (Å²) in [5.41, 5.74) is 4.74. The van der Waals surface area contributed by atoms with Crippen LogP contribution < -0.4 is 0 Å². The summed E-state index contributed by atoms with van der Waals surface area (Å²) in [4.78, 5) is 0. The molecule has 154 valence electrons. The van der Waals surface area contributed by atoms with Crippen LogP contribution in [-0.4, -0.2) is 4.21 Å². The summed E-state index contributed by atoms with van der Waals surface area (Å²) < 4.78 is 17.7. The lowest BCUT2D eigenvalue weighted by Crippen LogP contribution is -1.84. The van der Waals surface area contributed by atoms with E-state index in [2.05, 4.69) is 97.1 Å². The second-order valence-corrected chi connectivity index (χ2v) is 11.7. The molecule has 2 heterocycles. The van der Waals surface area contributed by atoms with Crippen molar-refractivity contribution in [1.29, 1.82) is 0 Å². The SMILES string of the molecule is O=S(c1cc2c(-c3ccccc3)cccc2s1)c1cc2c(-c3ccccc3)cccc2s1. The Kier molecular flexibility index (Phi) is 4.99. The fraction of sp³-hybridized carbons (Fsp3) is 0. The van der Waals surface area contributed by atoms with Crippen molar-refractivity contribution >= 4 is 53.6 Å². The zero-order valence-corrected chi connectivity index (χ0v) is 19.5. The van der Waals surface area contributed by atoms with Gasteiger partial charge >= 0.3 is 0 Å². The van der Waals surface area contributed by atoms with Crippen LogP contribution in [0.5, 0.6) is 0 Å². The maximum absolute atomic E-state index is 13.6. The van der Waals surface area contributed by atoms with E-state index in [1.807, 2.05) is 12.1 Å². The maximum atomic E-state index is 13.6. The van der Waals surface area contributed by atoms with Crippen molar-refractivity contribution in [2.24, 2.45) is 0 Å². The smallest absolute Gasteiger partial charge is 0.105 e. The minimum absolute atomic E-state index is 0.899. The van der Waals surface area contributed by atoms with Crippen molar-refractivity contribution in [2.75, 3.05) is 0 Å². The Morgan fingerprint density at radius 3 is 1.38 bits per heavy atom. The first kappa shape index (κ1) is 19.6. The van der Waals surface area contributed by atoms with E-state index < -0.39 is 10.8 Å². The minimum Gasteiger partial charge on any atom is -0.247 e. The molecule has 0 amide bonds. The number of hydrogen-bond donors (Lipinski definition) is 0. The predicted octanol–water partition coefficient (Wildman–Crippen LogP) is 8.62. The zero-order chi connectivity index (χ0) is 21.5. The van der Waals surface area contributed by atoms with Gasteiger partial charge < -0.3 is 0 Å². The molecule has 0 aliphatic heterocycles. The van der Waals surface area contributed by atoms with E-state index in [-0.39, 0.29) is 0 Å². The summed E-state index contributed by atoms with van der Waals surface area (Å²) >= 11 is 3.25. The first-order valence-electron chi connectivity index (χ1n) is 10.4. The molecule has 0 saturated carbocycles. The summed E-state index contributed by atoms with van der Waals surface area (Å²) in [5.74, 6) is 0. The maximum Gasteiger partial charge on any atom is 0.105 e. The minimum atomic E-state index is -1.20. The van der Waals surface area contributed by atoms with Gasteiger partial charge in [0.15, 0.2) is 0 Å². The lowest BCUT2D eigenvalue weighted by molar-refractivity contribution is 0.686. The molecule has 0 atom stereocenters. The fourth-order valence-corrected chi connectivity index (χ4v) is 8.22. The molecule has 4 heteroatoms. The van der Waals surface area contributed by atoms with Gasteiger partial charge in [-0.1, -0.05) is 84.9 Å². The third-order valence-electron chi connectivity index (χ3n) is 5.61. The molecule has 0 spiro atoms. The Hall–Kier alpha value is -3.05. The van der Waals surface area contributed by atoms with Crippen LogP contribution in [-0.2, 0) is 10.8 Å². The summed E-state index contributed by atoms with van der Waals surface area (Å²) in [6.07, 6.45) is 0. The Balaban J connectivity index is 1.44. The first-order chi connectivity index (χ1) is 15.8. The number of benzene rings is 4. The Morgan fingerprint density at radius 1 is 0.500 bits per heavy atom. The van der Waals surface area contributed by atoms with E-state index in [1.54, 1.807) is 22.7 Å². The van der Waals surface area contributed by atoms with Gasteiger partial charge in [0.05, 0.1) is 8.42 Å². The van der Waals surface area contributed by atoms with Crippen LogP contribution in [0.4, 0.5) is 0 Å². The third-order valence-corrected chi connectivity index (χ3v) is 9.78. The van der Waals surface area contributed by atoms with Crippen molar-refractivity contribution in [1.82, 2.24) is 0 Å². The largest absolute Gasteiger partial charge is 0.247 e. The van der Waals surface area contributed by atoms with Crippen molar-refractivity contribution in [3.05, 3.63) is 109 Å². The average Bonchev–Trinajstić information content (AvgIpc) is 3.49. The molecular formula is C28H18OS3. The zero-order valence-electron chi connectivity index (χ0n) is 17.0. The van der Waals surface area contributed by atoms with E-state index in [1.165, 1.54) is 31.7 Å². The van der Waals surface area contributed by atoms with Gasteiger partial charge in [0.1, 0.15) is 10.8 Å². The standard InChI is InChI=1S/C28H18OS3/c29-32(27-17-23-21(13-7-15-25(23)30-27)19-9-3-1-4-10-19)28-18-24-22(14-8-16-26(24)31-28)20-11-5-2-6-12-20/h1-18H. The quantitative estimate of drug-likeness (QED) is 0.254. The molecule has 0 unspecified atom stereocenters. The van der Waals surface area contributed by atoms with Gasteiger partial charge in [0, 0.05) is 20.2 Å². The van der Waals surface area contributed by atoms with Gasteiger partial charge in [-0.05, 0) is 46.5 Å². The van der Waals surface area contributed by atoms with Crippen LogP contribution in [0.2, 0.25) is 0 Å². The topological polar surface area (TPSA) is 17.1 Å². The van der Waals surface area contributed by atoms with Crippen molar-refractivity contribution < 1.29 is 4.21 Å². The summed E-state index contributed by atoms with van der Waals surface area (Å²) in [6, 6.07) is 37.7. The lowest BCUT2D eigenvalue weighted by atomic mass is 10.0. The number of hydrogen-bond acceptors (Lipinski definition) is 3. The van der Waals surface area contributed by atoms with Crippen LogP contribution in [0.25, 0.3) is 42.4 Å². The Morgan fingerprint density at radius 2 is 0.938 bits per heavy atom. The van der Waals surface area contributed by atoms with Gasteiger partial charge in [-0.15, -0.1) is 22.7 Å². The van der Waals surface area contributed by atoms with Gasteiger partial charge in [-0.2, -0.15) is 0 Å². The highest BCUT2D eigenvalue weighted by atomic mass is 32.2. The lowest BCUT2D eigenvalue weighted by Gasteiger charge is -2.02. The molecule has 32 heavy (non-hydrogen) atoms. The molecule has 0 saturated heterocycles. The van der Waals surface area contributed by atoms with Crippen LogP contribution in [0.3, 0.4) is 0 Å². The summed E-state index contributed by atoms with van der Waals surface area (Å²) in [6.45, 7) is 0. The number of rotatable bonds is 4. The molecule has 4 aromatic carbocycles. The molecular weight excluding hydrogens is 449 g/mol. The monoisotopic (exact) mass is 466 g/mol. The van der Waals surface area contributed by atoms with E-state index in [0.29, 0.717) is 0 Å². The number of fused-ring (bicyclic) bond motifs is 2. The van der Waals surface area contributed by atoms with Crippen LogP contribution in [0.15, 0.2) is 118 Å². The molecule has 6 aromatic rings.